The highest BCUT2D eigenvalue weighted by Crippen LogP contribution is 2.44. The summed E-state index contributed by atoms with van der Waals surface area (Å²) in [6.07, 6.45) is 2.73. The molecule has 2 aromatic heterocycles. The first-order valence-electron chi connectivity index (χ1n) is 13.9. The third-order valence-electron chi connectivity index (χ3n) is 7.52. The van der Waals surface area contributed by atoms with E-state index < -0.39 is 50.8 Å². The lowest BCUT2D eigenvalue weighted by Crippen LogP contribution is -2.28. The van der Waals surface area contributed by atoms with E-state index in [0.29, 0.717) is 18.8 Å². The number of rotatable bonds is 18. The van der Waals surface area contributed by atoms with Gasteiger partial charge < -0.3 is 19.4 Å². The first-order valence-corrected chi connectivity index (χ1v) is 17.1. The molecular formula is C26H38N2O12P2. The van der Waals surface area contributed by atoms with Gasteiger partial charge in [0.25, 0.3) is 22.2 Å². The molecule has 3 aromatic rings. The highest BCUT2D eigenvalue weighted by molar-refractivity contribution is 7.52. The van der Waals surface area contributed by atoms with Crippen LogP contribution in [-0.2, 0) is 35.8 Å². The second-order valence-corrected chi connectivity index (χ2v) is 13.6. The van der Waals surface area contributed by atoms with E-state index in [4.69, 9.17) is 18.7 Å². The van der Waals surface area contributed by atoms with E-state index in [1.165, 1.54) is 0 Å². The van der Waals surface area contributed by atoms with Crippen molar-refractivity contribution in [2.75, 3.05) is 32.6 Å². The topological polar surface area (TPSA) is 201 Å². The minimum atomic E-state index is -4.51. The molecule has 0 aliphatic rings. The van der Waals surface area contributed by atoms with E-state index >= 15 is 0 Å². The summed E-state index contributed by atoms with van der Waals surface area (Å²) in [5.74, 6) is -0.0654. The third kappa shape index (κ3) is 8.00. The van der Waals surface area contributed by atoms with Gasteiger partial charge in [-0.3, -0.25) is 41.9 Å². The van der Waals surface area contributed by atoms with E-state index in [-0.39, 0.29) is 60.0 Å². The zero-order valence-corrected chi connectivity index (χ0v) is 25.7. The molecule has 0 saturated carbocycles. The molecule has 14 nitrogen and oxygen atoms in total. The summed E-state index contributed by atoms with van der Waals surface area (Å²) >= 11 is 0. The van der Waals surface area contributed by atoms with Gasteiger partial charge in [-0.2, -0.15) is 0 Å². The number of nitrogens with zero attached hydrogens (tertiary/aromatic N) is 2. The Kier molecular flexibility index (Phi) is 11.8. The van der Waals surface area contributed by atoms with Crippen LogP contribution in [0.1, 0.15) is 46.5 Å². The first-order chi connectivity index (χ1) is 19.8. The molecule has 0 bridgehead atoms. The van der Waals surface area contributed by atoms with Crippen molar-refractivity contribution in [3.63, 3.8) is 0 Å². The van der Waals surface area contributed by atoms with Crippen molar-refractivity contribution < 1.29 is 37.6 Å². The summed E-state index contributed by atoms with van der Waals surface area (Å²) in [6.45, 7) is 3.74. The fraction of sp³-hybridized carbons (Fsp3) is 0.615. The standard InChI is InChI=1S/C26H38N2O12P2/c1-4-17(5-2)7-12-41(34,35)38-10-8-27-23(30)19-13-21-22(14-20(19)24(27)31)26(33)28(25(21)32)9-11-39-42(36,37)40-16-18(6-3)15-29/h13-14,17-18,29H,4-12,15-16H2,1-3H3,(H,34,35)(H,36,37). The van der Waals surface area contributed by atoms with Gasteiger partial charge in [-0.15, -0.1) is 0 Å². The van der Waals surface area contributed by atoms with Crippen LogP contribution < -0.4 is 22.2 Å². The molecule has 2 heterocycles. The maximum absolute atomic E-state index is 13.0. The summed E-state index contributed by atoms with van der Waals surface area (Å²) < 4.78 is 40.9. The predicted molar refractivity (Wildman–Crippen MR) is 157 cm³/mol. The number of hydrogen-bond donors (Lipinski definition) is 3. The summed E-state index contributed by atoms with van der Waals surface area (Å²) in [4.78, 5) is 71.7. The summed E-state index contributed by atoms with van der Waals surface area (Å²) in [6, 6.07) is 2.30. The van der Waals surface area contributed by atoms with Gasteiger partial charge >= 0.3 is 15.4 Å². The predicted octanol–water partition coefficient (Wildman–Crippen LogP) is 2.09. The van der Waals surface area contributed by atoms with Crippen LogP contribution in [0.25, 0.3) is 21.5 Å². The monoisotopic (exact) mass is 632 g/mol. The number of fused-ring (bicyclic) bond motifs is 2. The lowest BCUT2D eigenvalue weighted by molar-refractivity contribution is 0.105. The number of hydrogen-bond acceptors (Lipinski definition) is 10. The van der Waals surface area contributed by atoms with E-state index in [9.17, 15) is 38.1 Å². The van der Waals surface area contributed by atoms with Gasteiger partial charge in [-0.1, -0.05) is 33.6 Å². The molecule has 42 heavy (non-hydrogen) atoms. The number of phosphoric acid groups is 1. The Balaban J connectivity index is 1.74. The molecule has 0 spiro atoms. The molecule has 0 radical (unpaired) electrons. The Morgan fingerprint density at radius 2 is 1.14 bits per heavy atom. The van der Waals surface area contributed by atoms with Crippen molar-refractivity contribution >= 4 is 37.0 Å². The van der Waals surface area contributed by atoms with Crippen LogP contribution in [0.15, 0.2) is 31.3 Å². The highest BCUT2D eigenvalue weighted by Gasteiger charge is 2.25. The zero-order chi connectivity index (χ0) is 31.2. The molecule has 0 amide bonds. The normalized spacial score (nSPS) is 15.9. The molecule has 16 heteroatoms. The molecular weight excluding hydrogens is 594 g/mol. The smallest absolute Gasteiger partial charge is 0.396 e. The average molecular weight is 633 g/mol. The van der Waals surface area contributed by atoms with Gasteiger partial charge in [0, 0.05) is 12.5 Å². The van der Waals surface area contributed by atoms with Crippen LogP contribution >= 0.6 is 15.4 Å². The molecule has 3 unspecified atom stereocenters. The molecule has 0 saturated heterocycles. The summed E-state index contributed by atoms with van der Waals surface area (Å²) in [7, 11) is -8.42. The number of aliphatic hydroxyl groups is 1. The van der Waals surface area contributed by atoms with E-state index in [2.05, 4.69) is 0 Å². The van der Waals surface area contributed by atoms with Crippen molar-refractivity contribution in [2.24, 2.45) is 11.8 Å². The van der Waals surface area contributed by atoms with Crippen LogP contribution in [0.2, 0.25) is 0 Å². The summed E-state index contributed by atoms with van der Waals surface area (Å²) in [5, 5.41) is 8.75. The zero-order valence-electron chi connectivity index (χ0n) is 23.9. The van der Waals surface area contributed by atoms with Crippen molar-refractivity contribution in [1.29, 1.82) is 0 Å². The van der Waals surface area contributed by atoms with Gasteiger partial charge in [-0.05, 0) is 30.9 Å². The molecule has 0 aliphatic heterocycles. The Labute approximate surface area is 241 Å². The molecule has 3 N–H and O–H groups in total. The van der Waals surface area contributed by atoms with Crippen LogP contribution in [0.3, 0.4) is 0 Å². The second kappa shape index (κ2) is 14.5. The Morgan fingerprint density at radius 1 is 0.714 bits per heavy atom. The quantitative estimate of drug-likeness (QED) is 0.173. The lowest BCUT2D eigenvalue weighted by Gasteiger charge is -2.16. The average Bonchev–Trinajstić information content (AvgIpc) is 3.32. The number of phosphoric ester groups is 1. The maximum Gasteiger partial charge on any atom is 0.472 e. The maximum atomic E-state index is 13.0. The van der Waals surface area contributed by atoms with Gasteiger partial charge in [0.05, 0.1) is 60.6 Å². The van der Waals surface area contributed by atoms with E-state index in [1.54, 1.807) is 6.92 Å². The van der Waals surface area contributed by atoms with Crippen LogP contribution in [0, 0.1) is 11.8 Å². The van der Waals surface area contributed by atoms with Gasteiger partial charge in [-0.25, -0.2) is 4.57 Å². The molecule has 3 rings (SSSR count). The first kappa shape index (κ1) is 34.2. The number of aliphatic hydroxyl groups excluding tert-OH is 1. The third-order valence-corrected chi connectivity index (χ3v) is 9.91. The molecule has 1 aromatic carbocycles. The van der Waals surface area contributed by atoms with Gasteiger partial charge in [0.1, 0.15) is 0 Å². The van der Waals surface area contributed by atoms with Crippen molar-refractivity contribution in [3.8, 4) is 0 Å². The minimum absolute atomic E-state index is 0.0358. The van der Waals surface area contributed by atoms with Crippen LogP contribution in [-0.4, -0.2) is 56.6 Å². The minimum Gasteiger partial charge on any atom is -0.396 e. The van der Waals surface area contributed by atoms with E-state index in [1.807, 2.05) is 13.8 Å². The Hall–Kier alpha value is -2.28. The molecule has 0 aliphatic carbocycles. The fourth-order valence-corrected chi connectivity index (χ4v) is 6.62. The van der Waals surface area contributed by atoms with Gasteiger partial charge in [0.2, 0.25) is 0 Å². The van der Waals surface area contributed by atoms with Crippen molar-refractivity contribution in [2.45, 2.75) is 59.5 Å². The molecule has 0 fully saturated rings. The highest BCUT2D eigenvalue weighted by atomic mass is 31.2. The molecule has 234 valence electrons. The Bertz CT molecular complexity index is 1480. The molecule has 3 atom stereocenters. The number of aromatic nitrogens is 2. The van der Waals surface area contributed by atoms with Gasteiger partial charge in [0.15, 0.2) is 0 Å². The van der Waals surface area contributed by atoms with Crippen molar-refractivity contribution in [1.82, 2.24) is 9.13 Å². The van der Waals surface area contributed by atoms with Crippen LogP contribution in [0.4, 0.5) is 0 Å². The number of benzene rings is 1. The van der Waals surface area contributed by atoms with Crippen molar-refractivity contribution in [3.05, 3.63) is 53.5 Å². The fourth-order valence-electron chi connectivity index (χ4n) is 4.65. The largest absolute Gasteiger partial charge is 0.472 e. The Morgan fingerprint density at radius 3 is 1.55 bits per heavy atom. The van der Waals surface area contributed by atoms with Crippen LogP contribution in [0.5, 0.6) is 0 Å². The lowest BCUT2D eigenvalue weighted by atomic mass is 10.0. The second-order valence-electron chi connectivity index (χ2n) is 10.2. The summed E-state index contributed by atoms with van der Waals surface area (Å²) in [5.41, 5.74) is -3.02. The SMILES string of the molecule is CCC(CC)CCP(=O)(O)OCCn1c(=O)c2cc3c(=O)n(CCOP(=O)(O)OCC(CC)CO)c(=O)c3cc2c1=O. The van der Waals surface area contributed by atoms with E-state index in [0.717, 1.165) is 34.1 Å².